The highest BCUT2D eigenvalue weighted by Gasteiger charge is 2.28. The molecule has 1 aromatic carbocycles. The van der Waals surface area contributed by atoms with Gasteiger partial charge in [-0.05, 0) is 107 Å². The van der Waals surface area contributed by atoms with Crippen molar-refractivity contribution < 1.29 is 19.1 Å². The van der Waals surface area contributed by atoms with Crippen molar-refractivity contribution in [2.45, 2.75) is 46.3 Å². The molecule has 252 valence electrons. The van der Waals surface area contributed by atoms with Gasteiger partial charge in [-0.3, -0.25) is 19.1 Å². The van der Waals surface area contributed by atoms with Crippen molar-refractivity contribution in [1.82, 2.24) is 29.2 Å². The highest BCUT2D eigenvalue weighted by molar-refractivity contribution is 5.96. The molecule has 1 unspecified atom stereocenters. The Kier molecular flexibility index (Phi) is 9.20. The van der Waals surface area contributed by atoms with Crippen LogP contribution in [0, 0.1) is 18.8 Å². The molecular formula is C39H37N7O4. The van der Waals surface area contributed by atoms with Crippen molar-refractivity contribution in [2.24, 2.45) is 0 Å². The molecule has 1 N–H and O–H groups in total. The zero-order valence-electron chi connectivity index (χ0n) is 29.0. The number of hydrogen-bond acceptors (Lipinski definition) is 8. The van der Waals surface area contributed by atoms with Crippen LogP contribution in [0.2, 0.25) is 0 Å². The summed E-state index contributed by atoms with van der Waals surface area (Å²) in [7, 11) is 3.09. The monoisotopic (exact) mass is 667 g/mol. The summed E-state index contributed by atoms with van der Waals surface area (Å²) in [5.74, 6) is 6.78. The van der Waals surface area contributed by atoms with Crippen LogP contribution in [0.3, 0.4) is 0 Å². The summed E-state index contributed by atoms with van der Waals surface area (Å²) < 4.78 is 13.1. The van der Waals surface area contributed by atoms with E-state index in [0.717, 1.165) is 33.4 Å². The second-order valence-electron chi connectivity index (χ2n) is 12.8. The normalized spacial score (nSPS) is 11.8. The predicted molar refractivity (Wildman–Crippen MR) is 193 cm³/mol. The lowest BCUT2D eigenvalue weighted by atomic mass is 10.0. The van der Waals surface area contributed by atoms with Crippen molar-refractivity contribution in [3.8, 4) is 40.2 Å². The minimum absolute atomic E-state index is 0.264. The van der Waals surface area contributed by atoms with Gasteiger partial charge in [-0.15, -0.1) is 0 Å². The standard InChI is InChI=1S/C39H37N7O4/c1-24-18-21-46-33(22-24)44-34(29-11-9-20-41-37(29)49-7)35(46)28-14-17-32(43-36(47)25(2)45(6)38(48)50-39(3,4)5)42-31(28)16-13-26-12-15-30-27(23-26)10-8-19-40-30/h8-12,14-15,17-23,25H,1-7H3,(H,42,43,47). The minimum atomic E-state index is -0.848. The summed E-state index contributed by atoms with van der Waals surface area (Å²) in [6.45, 7) is 8.94. The number of imidazole rings is 1. The molecule has 11 nitrogen and oxygen atoms in total. The van der Waals surface area contributed by atoms with Crippen LogP contribution >= 0.6 is 0 Å². The fourth-order valence-electron chi connectivity index (χ4n) is 5.32. The average molecular weight is 668 g/mol. The number of likely N-dealkylation sites (N-methyl/N-ethyl adjacent to an activating group) is 1. The van der Waals surface area contributed by atoms with Crippen LogP contribution in [0.25, 0.3) is 39.1 Å². The van der Waals surface area contributed by atoms with E-state index in [9.17, 15) is 9.59 Å². The quantitative estimate of drug-likeness (QED) is 0.190. The summed E-state index contributed by atoms with van der Waals surface area (Å²) in [5.41, 5.74) is 5.82. The number of ether oxygens (including phenoxy) is 2. The maximum absolute atomic E-state index is 13.4. The zero-order valence-corrected chi connectivity index (χ0v) is 29.0. The number of pyridine rings is 4. The topological polar surface area (TPSA) is 124 Å². The van der Waals surface area contributed by atoms with Crippen molar-refractivity contribution in [3.05, 3.63) is 102 Å². The van der Waals surface area contributed by atoms with Crippen LogP contribution < -0.4 is 10.1 Å². The molecule has 50 heavy (non-hydrogen) atoms. The van der Waals surface area contributed by atoms with E-state index in [-0.39, 0.29) is 5.82 Å². The van der Waals surface area contributed by atoms with Crippen LogP contribution in [0.15, 0.2) is 85.3 Å². The molecule has 0 aliphatic carbocycles. The third-order valence-electron chi connectivity index (χ3n) is 7.97. The maximum Gasteiger partial charge on any atom is 0.410 e. The van der Waals surface area contributed by atoms with Gasteiger partial charge in [0.05, 0.1) is 23.9 Å². The molecule has 0 fully saturated rings. The summed E-state index contributed by atoms with van der Waals surface area (Å²) in [5, 5.41) is 3.81. The fourth-order valence-corrected chi connectivity index (χ4v) is 5.32. The Morgan fingerprint density at radius 2 is 1.72 bits per heavy atom. The smallest absolute Gasteiger partial charge is 0.410 e. The lowest BCUT2D eigenvalue weighted by Gasteiger charge is -2.28. The number of amides is 2. The summed E-state index contributed by atoms with van der Waals surface area (Å²) in [4.78, 5) is 46.0. The number of methoxy groups -OCH3 is 1. The number of benzene rings is 1. The number of carbonyl (C=O) groups is 2. The Morgan fingerprint density at radius 3 is 2.50 bits per heavy atom. The first-order valence-electron chi connectivity index (χ1n) is 16.0. The van der Waals surface area contributed by atoms with Crippen LogP contribution in [-0.4, -0.2) is 67.0 Å². The Balaban J connectivity index is 1.47. The van der Waals surface area contributed by atoms with Gasteiger partial charge in [-0.1, -0.05) is 12.0 Å². The van der Waals surface area contributed by atoms with Crippen molar-refractivity contribution in [2.75, 3.05) is 19.5 Å². The molecule has 1 atom stereocenters. The SMILES string of the molecule is COc1ncccc1-c1nc2cc(C)ccn2c1-c1ccc(NC(=O)C(C)N(C)C(=O)OC(C)(C)C)nc1C#Cc1ccc2ncccc2c1. The molecule has 6 aromatic rings. The van der Waals surface area contributed by atoms with Gasteiger partial charge in [0.15, 0.2) is 0 Å². The number of anilines is 1. The van der Waals surface area contributed by atoms with Crippen molar-refractivity contribution in [3.63, 3.8) is 0 Å². The Morgan fingerprint density at radius 1 is 0.940 bits per heavy atom. The molecule has 0 spiro atoms. The van der Waals surface area contributed by atoms with E-state index in [1.54, 1.807) is 53.3 Å². The van der Waals surface area contributed by atoms with Crippen molar-refractivity contribution in [1.29, 1.82) is 0 Å². The number of aromatic nitrogens is 5. The molecule has 6 rings (SSSR count). The van der Waals surface area contributed by atoms with Gasteiger partial charge in [0.1, 0.15) is 34.5 Å². The number of nitrogens with one attached hydrogen (secondary N) is 1. The molecule has 0 aliphatic rings. The second kappa shape index (κ2) is 13.7. The summed E-state index contributed by atoms with van der Waals surface area (Å²) >= 11 is 0. The van der Waals surface area contributed by atoms with Crippen LogP contribution in [0.1, 0.15) is 44.5 Å². The van der Waals surface area contributed by atoms with E-state index in [2.05, 4.69) is 27.1 Å². The third-order valence-corrected chi connectivity index (χ3v) is 7.97. The molecule has 0 saturated heterocycles. The molecule has 11 heteroatoms. The molecule has 0 bridgehead atoms. The predicted octanol–water partition coefficient (Wildman–Crippen LogP) is 6.92. The molecule has 5 aromatic heterocycles. The largest absolute Gasteiger partial charge is 0.481 e. The first-order chi connectivity index (χ1) is 23.9. The molecule has 0 aliphatic heterocycles. The highest BCUT2D eigenvalue weighted by atomic mass is 16.6. The third kappa shape index (κ3) is 7.10. The van der Waals surface area contributed by atoms with E-state index in [1.807, 2.05) is 78.2 Å². The number of carbonyl (C=O) groups excluding carboxylic acids is 2. The first kappa shape index (κ1) is 33.6. The van der Waals surface area contributed by atoms with Crippen LogP contribution in [0.5, 0.6) is 5.88 Å². The average Bonchev–Trinajstić information content (AvgIpc) is 3.47. The minimum Gasteiger partial charge on any atom is -0.481 e. The van der Waals surface area contributed by atoms with Gasteiger partial charge in [-0.25, -0.2) is 19.7 Å². The summed E-state index contributed by atoms with van der Waals surface area (Å²) in [6, 6.07) is 20.1. The number of aryl methyl sites for hydroxylation is 1. The number of nitrogens with zero attached hydrogens (tertiary/aromatic N) is 6. The number of hydrogen-bond donors (Lipinski definition) is 1. The number of rotatable bonds is 6. The summed E-state index contributed by atoms with van der Waals surface area (Å²) in [6.07, 6.45) is 4.76. The molecule has 0 saturated carbocycles. The van der Waals surface area contributed by atoms with Crippen LogP contribution in [0.4, 0.5) is 10.6 Å². The molecule has 0 radical (unpaired) electrons. The first-order valence-corrected chi connectivity index (χ1v) is 16.0. The van der Waals surface area contributed by atoms with E-state index in [0.29, 0.717) is 28.4 Å². The van der Waals surface area contributed by atoms with E-state index in [4.69, 9.17) is 19.4 Å². The zero-order chi connectivity index (χ0) is 35.6. The lowest BCUT2D eigenvalue weighted by molar-refractivity contribution is -0.120. The second-order valence-corrected chi connectivity index (χ2v) is 12.8. The van der Waals surface area contributed by atoms with E-state index < -0.39 is 23.6 Å². The van der Waals surface area contributed by atoms with Gasteiger partial charge >= 0.3 is 6.09 Å². The van der Waals surface area contributed by atoms with Gasteiger partial charge in [0, 0.05) is 42.2 Å². The van der Waals surface area contributed by atoms with Gasteiger partial charge in [0.25, 0.3) is 0 Å². The molecule has 2 amide bonds. The van der Waals surface area contributed by atoms with E-state index in [1.165, 1.54) is 11.9 Å². The highest BCUT2D eigenvalue weighted by Crippen LogP contribution is 2.38. The Labute approximate surface area is 290 Å². The van der Waals surface area contributed by atoms with Gasteiger partial charge in [-0.2, -0.15) is 0 Å². The number of fused-ring (bicyclic) bond motifs is 2. The van der Waals surface area contributed by atoms with E-state index >= 15 is 0 Å². The van der Waals surface area contributed by atoms with Gasteiger partial charge in [0.2, 0.25) is 11.8 Å². The van der Waals surface area contributed by atoms with Crippen LogP contribution in [-0.2, 0) is 9.53 Å². The van der Waals surface area contributed by atoms with Gasteiger partial charge < -0.3 is 14.8 Å². The molecular weight excluding hydrogens is 630 g/mol. The Hall–Kier alpha value is -6.28. The lowest BCUT2D eigenvalue weighted by Crippen LogP contribution is -2.45. The maximum atomic E-state index is 13.4. The fraction of sp³-hybridized carbons (Fsp3) is 0.231. The molecule has 5 heterocycles. The Bertz CT molecular complexity index is 2310. The van der Waals surface area contributed by atoms with Crippen molar-refractivity contribution >= 4 is 34.4 Å².